The normalized spacial score (nSPS) is 15.9. The molecule has 0 radical (unpaired) electrons. The molecule has 0 aliphatic heterocycles. The van der Waals surface area contributed by atoms with Gasteiger partial charge in [0, 0.05) is 6.92 Å². The topological polar surface area (TPSA) is 144 Å². The van der Waals surface area contributed by atoms with Crippen LogP contribution in [0.2, 0.25) is 0 Å². The Morgan fingerprint density at radius 2 is 1.69 bits per heavy atom. The predicted molar refractivity (Wildman–Crippen MR) is 49.5 cm³/mol. The van der Waals surface area contributed by atoms with Crippen LogP contribution in [0, 0.1) is 0 Å². The molecule has 0 rings (SSSR count). The molecule has 0 heterocycles. The maximum Gasteiger partial charge on any atom is 0.334 e. The second kappa shape index (κ2) is 6.03. The molecule has 1 amide bonds. The summed E-state index contributed by atoms with van der Waals surface area (Å²) >= 11 is 0. The third-order valence-electron chi connectivity index (χ3n) is 1.76. The van der Waals surface area contributed by atoms with E-state index in [0.717, 1.165) is 6.92 Å². The molecule has 8 heteroatoms. The van der Waals surface area contributed by atoms with Crippen LogP contribution in [0.4, 0.5) is 0 Å². The molecule has 3 atom stereocenters. The van der Waals surface area contributed by atoms with Crippen LogP contribution in [-0.4, -0.2) is 56.5 Å². The number of rotatable bonds is 6. The van der Waals surface area contributed by atoms with Crippen molar-refractivity contribution < 1.29 is 34.8 Å². The molecule has 92 valence electrons. The van der Waals surface area contributed by atoms with Crippen LogP contribution in [0.1, 0.15) is 13.3 Å². The summed E-state index contributed by atoms with van der Waals surface area (Å²) in [6.07, 6.45) is -4.54. The van der Waals surface area contributed by atoms with Crippen molar-refractivity contribution in [3.05, 3.63) is 0 Å². The van der Waals surface area contributed by atoms with Crippen LogP contribution in [0.3, 0.4) is 0 Å². The highest BCUT2D eigenvalue weighted by atomic mass is 16.4. The van der Waals surface area contributed by atoms with Gasteiger partial charge in [-0.1, -0.05) is 0 Å². The predicted octanol–water partition coefficient (Wildman–Crippen LogP) is -2.23. The van der Waals surface area contributed by atoms with Crippen molar-refractivity contribution in [1.29, 1.82) is 0 Å². The summed E-state index contributed by atoms with van der Waals surface area (Å²) in [7, 11) is 0. The highest BCUT2D eigenvalue weighted by molar-refractivity contribution is 5.77. The number of hydrogen-bond acceptors (Lipinski definition) is 5. The van der Waals surface area contributed by atoms with E-state index in [1.807, 2.05) is 5.32 Å². The molecular weight excluding hydrogens is 222 g/mol. The van der Waals surface area contributed by atoms with Gasteiger partial charge in [-0.05, 0) is 0 Å². The third kappa shape index (κ3) is 4.71. The molecule has 16 heavy (non-hydrogen) atoms. The van der Waals surface area contributed by atoms with Crippen LogP contribution in [0.5, 0.6) is 0 Å². The summed E-state index contributed by atoms with van der Waals surface area (Å²) < 4.78 is 0. The highest BCUT2D eigenvalue weighted by Gasteiger charge is 2.33. The number of amides is 1. The van der Waals surface area contributed by atoms with Crippen molar-refractivity contribution in [3.63, 3.8) is 0 Å². The van der Waals surface area contributed by atoms with Gasteiger partial charge in [-0.2, -0.15) is 0 Å². The van der Waals surface area contributed by atoms with E-state index in [0.29, 0.717) is 0 Å². The van der Waals surface area contributed by atoms with E-state index >= 15 is 0 Å². The highest BCUT2D eigenvalue weighted by Crippen LogP contribution is 2.05. The van der Waals surface area contributed by atoms with Gasteiger partial charge in [0.1, 0.15) is 0 Å². The van der Waals surface area contributed by atoms with Crippen molar-refractivity contribution in [2.75, 3.05) is 0 Å². The zero-order chi connectivity index (χ0) is 12.9. The lowest BCUT2D eigenvalue weighted by molar-refractivity contribution is -0.153. The van der Waals surface area contributed by atoms with Gasteiger partial charge in [0.05, 0.1) is 18.6 Å². The fourth-order valence-corrected chi connectivity index (χ4v) is 1.08. The van der Waals surface area contributed by atoms with Gasteiger partial charge in [0.2, 0.25) is 5.91 Å². The van der Waals surface area contributed by atoms with E-state index in [1.54, 1.807) is 0 Å². The smallest absolute Gasteiger partial charge is 0.334 e. The van der Waals surface area contributed by atoms with E-state index in [9.17, 15) is 19.5 Å². The van der Waals surface area contributed by atoms with Crippen molar-refractivity contribution in [3.8, 4) is 0 Å². The van der Waals surface area contributed by atoms with Gasteiger partial charge in [0.15, 0.2) is 6.10 Å². The third-order valence-corrected chi connectivity index (χ3v) is 1.76. The monoisotopic (exact) mass is 235 g/mol. The lowest BCUT2D eigenvalue weighted by atomic mass is 10.0. The zero-order valence-electron chi connectivity index (χ0n) is 8.45. The Morgan fingerprint density at radius 3 is 2.00 bits per heavy atom. The van der Waals surface area contributed by atoms with Crippen LogP contribution < -0.4 is 5.32 Å². The SMILES string of the molecule is CC(=O)NC(C(O)CC(=O)O)C(O)C(=O)O. The number of hydrogen-bond donors (Lipinski definition) is 5. The molecule has 0 aliphatic carbocycles. The maximum absolute atomic E-state index is 10.7. The van der Waals surface area contributed by atoms with Gasteiger partial charge in [-0.15, -0.1) is 0 Å². The maximum atomic E-state index is 10.7. The average molecular weight is 235 g/mol. The van der Waals surface area contributed by atoms with Crippen LogP contribution in [0.15, 0.2) is 0 Å². The Balaban J connectivity index is 4.71. The van der Waals surface area contributed by atoms with E-state index in [2.05, 4.69) is 0 Å². The molecule has 0 saturated heterocycles. The number of carbonyl (C=O) groups is 3. The minimum Gasteiger partial charge on any atom is -0.481 e. The fourth-order valence-electron chi connectivity index (χ4n) is 1.08. The number of aliphatic hydroxyl groups excluding tert-OH is 2. The Hall–Kier alpha value is -1.67. The number of aliphatic carboxylic acids is 2. The van der Waals surface area contributed by atoms with E-state index < -0.39 is 42.5 Å². The number of carboxylic acid groups (broad SMARTS) is 2. The van der Waals surface area contributed by atoms with Crippen molar-refractivity contribution in [1.82, 2.24) is 5.32 Å². The van der Waals surface area contributed by atoms with Crippen molar-refractivity contribution >= 4 is 17.8 Å². The molecule has 5 N–H and O–H groups in total. The number of nitrogens with one attached hydrogen (secondary N) is 1. The molecule has 8 nitrogen and oxygen atoms in total. The minimum atomic E-state index is -2.07. The van der Waals surface area contributed by atoms with Gasteiger partial charge < -0.3 is 25.7 Å². The van der Waals surface area contributed by atoms with Gasteiger partial charge in [-0.25, -0.2) is 4.79 Å². The van der Waals surface area contributed by atoms with E-state index in [-0.39, 0.29) is 0 Å². The molecule has 0 aromatic rings. The molecule has 0 spiro atoms. The van der Waals surface area contributed by atoms with Crippen LogP contribution in [0.25, 0.3) is 0 Å². The molecule has 0 aromatic heterocycles. The summed E-state index contributed by atoms with van der Waals surface area (Å²) in [4.78, 5) is 31.4. The Labute approximate surface area is 90.5 Å². The number of carboxylic acids is 2. The zero-order valence-corrected chi connectivity index (χ0v) is 8.45. The van der Waals surface area contributed by atoms with E-state index in [4.69, 9.17) is 15.3 Å². The van der Waals surface area contributed by atoms with Gasteiger partial charge >= 0.3 is 11.9 Å². The van der Waals surface area contributed by atoms with Crippen LogP contribution in [-0.2, 0) is 14.4 Å². The average Bonchev–Trinajstić information content (AvgIpc) is 2.11. The molecule has 0 aromatic carbocycles. The molecule has 0 fully saturated rings. The first-order chi connectivity index (χ1) is 7.25. The molecule has 0 aliphatic rings. The summed E-state index contributed by atoms with van der Waals surface area (Å²) in [6, 6.07) is -1.56. The number of carbonyl (C=O) groups excluding carboxylic acids is 1. The van der Waals surface area contributed by atoms with Gasteiger partial charge in [0.25, 0.3) is 0 Å². The van der Waals surface area contributed by atoms with Crippen LogP contribution >= 0.6 is 0 Å². The molecular formula is C8H13NO7. The summed E-state index contributed by atoms with van der Waals surface area (Å²) in [5.74, 6) is -3.72. The molecule has 0 bridgehead atoms. The first kappa shape index (κ1) is 14.3. The fraction of sp³-hybridized carbons (Fsp3) is 0.625. The molecule has 0 saturated carbocycles. The first-order valence-electron chi connectivity index (χ1n) is 4.33. The summed E-state index contributed by atoms with van der Waals surface area (Å²) in [6.45, 7) is 1.05. The first-order valence-corrected chi connectivity index (χ1v) is 4.33. The van der Waals surface area contributed by atoms with E-state index in [1.165, 1.54) is 0 Å². The molecule has 3 unspecified atom stereocenters. The Bertz CT molecular complexity index is 290. The lowest BCUT2D eigenvalue weighted by Gasteiger charge is -2.24. The van der Waals surface area contributed by atoms with Crippen molar-refractivity contribution in [2.24, 2.45) is 0 Å². The number of aliphatic hydroxyl groups is 2. The summed E-state index contributed by atoms with van der Waals surface area (Å²) in [5, 5.41) is 37.3. The van der Waals surface area contributed by atoms with Gasteiger partial charge in [-0.3, -0.25) is 9.59 Å². The minimum absolute atomic E-state index is 0.685. The van der Waals surface area contributed by atoms with Crippen molar-refractivity contribution in [2.45, 2.75) is 31.6 Å². The second-order valence-electron chi connectivity index (χ2n) is 3.17. The second-order valence-corrected chi connectivity index (χ2v) is 3.17. The lowest BCUT2D eigenvalue weighted by Crippen LogP contribution is -2.53. The Kier molecular flexibility index (Phi) is 5.40. The Morgan fingerprint density at radius 1 is 1.19 bits per heavy atom. The summed E-state index contributed by atoms with van der Waals surface area (Å²) in [5.41, 5.74) is 0. The standard InChI is InChI=1S/C8H13NO7/c1-3(10)9-6(7(14)8(15)16)4(11)2-5(12)13/h4,6-7,11,14H,2H2,1H3,(H,9,10)(H,12,13)(H,15,16). The quantitative estimate of drug-likeness (QED) is 0.350. The largest absolute Gasteiger partial charge is 0.481 e.